The molecular weight excluding hydrogens is 226 g/mol. The van der Waals surface area contributed by atoms with Crippen LogP contribution in [0.3, 0.4) is 0 Å². The number of nitrogens with zero attached hydrogens (tertiary/aromatic N) is 2. The van der Waals surface area contributed by atoms with E-state index in [9.17, 15) is 0 Å². The van der Waals surface area contributed by atoms with Crippen molar-refractivity contribution in [3.05, 3.63) is 11.7 Å². The molecule has 102 valence electrons. The van der Waals surface area contributed by atoms with Crippen LogP contribution < -0.4 is 5.73 Å². The Balaban J connectivity index is 1.83. The number of hydrogen-bond acceptors (Lipinski definition) is 4. The van der Waals surface area contributed by atoms with Gasteiger partial charge in [-0.15, -0.1) is 0 Å². The van der Waals surface area contributed by atoms with Gasteiger partial charge in [-0.3, -0.25) is 0 Å². The molecule has 18 heavy (non-hydrogen) atoms. The third-order valence-corrected chi connectivity index (χ3v) is 4.13. The van der Waals surface area contributed by atoms with Crippen LogP contribution >= 0.6 is 0 Å². The molecule has 1 heterocycles. The van der Waals surface area contributed by atoms with Crippen LogP contribution in [0.2, 0.25) is 0 Å². The Morgan fingerprint density at radius 2 is 2.11 bits per heavy atom. The minimum absolute atomic E-state index is 0.549. The molecule has 3 atom stereocenters. The summed E-state index contributed by atoms with van der Waals surface area (Å²) < 4.78 is 5.33. The van der Waals surface area contributed by atoms with E-state index in [1.165, 1.54) is 6.42 Å². The normalized spacial score (nSPS) is 24.5. The molecule has 0 spiro atoms. The largest absolute Gasteiger partial charge is 0.339 e. The fourth-order valence-corrected chi connectivity index (χ4v) is 2.54. The number of hydrogen-bond donors (Lipinski definition) is 1. The van der Waals surface area contributed by atoms with Crippen molar-refractivity contribution in [3.63, 3.8) is 0 Å². The molecule has 3 unspecified atom stereocenters. The minimum Gasteiger partial charge on any atom is -0.339 e. The van der Waals surface area contributed by atoms with E-state index >= 15 is 0 Å². The molecule has 1 aliphatic carbocycles. The molecule has 0 aromatic carbocycles. The second-order valence-corrected chi connectivity index (χ2v) is 5.99. The Hall–Kier alpha value is -0.900. The van der Waals surface area contributed by atoms with Gasteiger partial charge in [0.25, 0.3) is 0 Å². The lowest BCUT2D eigenvalue weighted by molar-refractivity contribution is 0.312. The Labute approximate surface area is 109 Å². The van der Waals surface area contributed by atoms with Crippen molar-refractivity contribution in [2.75, 3.05) is 6.54 Å². The Kier molecular flexibility index (Phi) is 4.38. The van der Waals surface area contributed by atoms with Gasteiger partial charge in [0, 0.05) is 12.3 Å². The van der Waals surface area contributed by atoms with Gasteiger partial charge < -0.3 is 10.3 Å². The molecule has 2 rings (SSSR count). The van der Waals surface area contributed by atoms with Crippen LogP contribution in [-0.4, -0.2) is 16.7 Å². The standard InChI is InChI=1S/C14H25N3O/c1-9(2)11(6-7-15)4-5-13-16-14(17-18-13)12-8-10(12)3/h9-12H,4-8,15H2,1-3H3. The SMILES string of the molecule is CC(C)C(CCN)CCc1nc(C2CC2C)no1. The van der Waals surface area contributed by atoms with E-state index in [0.29, 0.717) is 17.8 Å². The van der Waals surface area contributed by atoms with Crippen molar-refractivity contribution in [3.8, 4) is 0 Å². The van der Waals surface area contributed by atoms with Gasteiger partial charge in [-0.25, -0.2) is 0 Å². The zero-order valence-corrected chi connectivity index (χ0v) is 11.7. The summed E-state index contributed by atoms with van der Waals surface area (Å²) in [4.78, 5) is 4.51. The number of nitrogens with two attached hydrogens (primary N) is 1. The molecule has 0 amide bonds. The van der Waals surface area contributed by atoms with Gasteiger partial charge in [-0.1, -0.05) is 25.9 Å². The molecule has 0 bridgehead atoms. The fraction of sp³-hybridized carbons (Fsp3) is 0.857. The number of rotatable bonds is 7. The summed E-state index contributed by atoms with van der Waals surface area (Å²) in [5, 5.41) is 4.09. The van der Waals surface area contributed by atoms with E-state index in [1.54, 1.807) is 0 Å². The number of aromatic nitrogens is 2. The van der Waals surface area contributed by atoms with Crippen LogP contribution in [0.5, 0.6) is 0 Å². The molecule has 1 saturated carbocycles. The van der Waals surface area contributed by atoms with Gasteiger partial charge in [0.15, 0.2) is 5.82 Å². The highest BCUT2D eigenvalue weighted by atomic mass is 16.5. The molecule has 2 N–H and O–H groups in total. The molecular formula is C14H25N3O. The highest BCUT2D eigenvalue weighted by molar-refractivity contribution is 5.07. The molecule has 0 radical (unpaired) electrons. The van der Waals surface area contributed by atoms with E-state index in [2.05, 4.69) is 30.9 Å². The van der Waals surface area contributed by atoms with Gasteiger partial charge in [0.1, 0.15) is 0 Å². The van der Waals surface area contributed by atoms with E-state index in [0.717, 1.165) is 43.4 Å². The molecule has 4 heteroatoms. The lowest BCUT2D eigenvalue weighted by atomic mass is 9.88. The van der Waals surface area contributed by atoms with E-state index in [-0.39, 0.29) is 0 Å². The van der Waals surface area contributed by atoms with E-state index < -0.39 is 0 Å². The molecule has 0 aliphatic heterocycles. The summed E-state index contributed by atoms with van der Waals surface area (Å²) >= 11 is 0. The first-order valence-electron chi connectivity index (χ1n) is 7.14. The second kappa shape index (κ2) is 5.83. The summed E-state index contributed by atoms with van der Waals surface area (Å²) in [7, 11) is 0. The first kappa shape index (κ1) is 13.5. The van der Waals surface area contributed by atoms with Crippen molar-refractivity contribution in [1.29, 1.82) is 0 Å². The smallest absolute Gasteiger partial charge is 0.226 e. The Morgan fingerprint density at radius 3 is 2.67 bits per heavy atom. The third kappa shape index (κ3) is 3.31. The van der Waals surface area contributed by atoms with Crippen LogP contribution in [0.25, 0.3) is 0 Å². The first-order chi connectivity index (χ1) is 8.61. The molecule has 0 saturated heterocycles. The summed E-state index contributed by atoms with van der Waals surface area (Å²) in [6.45, 7) is 7.51. The van der Waals surface area contributed by atoms with Gasteiger partial charge in [-0.2, -0.15) is 4.98 Å². The van der Waals surface area contributed by atoms with Crippen LogP contribution in [0.1, 0.15) is 57.7 Å². The third-order valence-electron chi connectivity index (χ3n) is 4.13. The average molecular weight is 251 g/mol. The highest BCUT2D eigenvalue weighted by Crippen LogP contribution is 2.45. The predicted octanol–water partition coefficient (Wildman–Crippen LogP) is 2.75. The fourth-order valence-electron chi connectivity index (χ4n) is 2.54. The van der Waals surface area contributed by atoms with Crippen molar-refractivity contribution in [2.45, 2.75) is 52.4 Å². The van der Waals surface area contributed by atoms with Crippen molar-refractivity contribution >= 4 is 0 Å². The van der Waals surface area contributed by atoms with Gasteiger partial charge >= 0.3 is 0 Å². The van der Waals surface area contributed by atoms with Crippen LogP contribution in [-0.2, 0) is 6.42 Å². The van der Waals surface area contributed by atoms with Crippen LogP contribution in [0.4, 0.5) is 0 Å². The number of aryl methyl sites for hydroxylation is 1. The van der Waals surface area contributed by atoms with Gasteiger partial charge in [0.05, 0.1) is 0 Å². The van der Waals surface area contributed by atoms with Crippen LogP contribution in [0.15, 0.2) is 4.52 Å². The summed E-state index contributed by atoms with van der Waals surface area (Å²) in [5.74, 6) is 4.32. The summed E-state index contributed by atoms with van der Waals surface area (Å²) in [6, 6.07) is 0. The summed E-state index contributed by atoms with van der Waals surface area (Å²) in [6.07, 6.45) is 4.27. The maximum Gasteiger partial charge on any atom is 0.226 e. The molecule has 1 aromatic heterocycles. The Bertz CT molecular complexity index is 375. The molecule has 4 nitrogen and oxygen atoms in total. The molecule has 1 aliphatic rings. The second-order valence-electron chi connectivity index (χ2n) is 5.99. The monoisotopic (exact) mass is 251 g/mol. The zero-order valence-electron chi connectivity index (χ0n) is 11.7. The van der Waals surface area contributed by atoms with Gasteiger partial charge in [-0.05, 0) is 43.6 Å². The molecule has 1 aromatic rings. The topological polar surface area (TPSA) is 64.9 Å². The van der Waals surface area contributed by atoms with E-state index in [1.807, 2.05) is 0 Å². The van der Waals surface area contributed by atoms with Crippen molar-refractivity contribution in [1.82, 2.24) is 10.1 Å². The molecule has 1 fully saturated rings. The van der Waals surface area contributed by atoms with E-state index in [4.69, 9.17) is 10.3 Å². The minimum atomic E-state index is 0.549. The zero-order chi connectivity index (χ0) is 13.1. The van der Waals surface area contributed by atoms with Gasteiger partial charge in [0.2, 0.25) is 5.89 Å². The summed E-state index contributed by atoms with van der Waals surface area (Å²) in [5.41, 5.74) is 5.65. The maximum absolute atomic E-state index is 5.65. The lowest BCUT2D eigenvalue weighted by Crippen LogP contribution is -2.15. The first-order valence-corrected chi connectivity index (χ1v) is 7.14. The predicted molar refractivity (Wildman–Crippen MR) is 71.1 cm³/mol. The lowest BCUT2D eigenvalue weighted by Gasteiger charge is -2.18. The average Bonchev–Trinajstić information content (AvgIpc) is 2.89. The Morgan fingerprint density at radius 1 is 1.39 bits per heavy atom. The van der Waals surface area contributed by atoms with Crippen molar-refractivity contribution in [2.24, 2.45) is 23.5 Å². The highest BCUT2D eigenvalue weighted by Gasteiger charge is 2.38. The van der Waals surface area contributed by atoms with Crippen LogP contribution in [0, 0.1) is 17.8 Å². The van der Waals surface area contributed by atoms with Crippen molar-refractivity contribution < 1.29 is 4.52 Å². The maximum atomic E-state index is 5.65. The quantitative estimate of drug-likeness (QED) is 0.809.